The Balaban J connectivity index is 2.15. The van der Waals surface area contributed by atoms with Crippen molar-refractivity contribution in [2.75, 3.05) is 0 Å². The average molecular weight is 359 g/mol. The molecule has 2 heterocycles. The van der Waals surface area contributed by atoms with Crippen molar-refractivity contribution in [3.05, 3.63) is 62.5 Å². The zero-order valence-corrected chi connectivity index (χ0v) is 13.2. The summed E-state index contributed by atoms with van der Waals surface area (Å²) in [4.78, 5) is 19.9. The van der Waals surface area contributed by atoms with E-state index in [4.69, 9.17) is 4.42 Å². The van der Waals surface area contributed by atoms with Gasteiger partial charge in [0.1, 0.15) is 5.75 Å². The van der Waals surface area contributed by atoms with Gasteiger partial charge in [-0.05, 0) is 52.7 Å². The maximum Gasteiger partial charge on any atom is 0.336 e. The first-order valence-electron chi connectivity index (χ1n) is 6.46. The van der Waals surface area contributed by atoms with E-state index in [1.165, 1.54) is 12.3 Å². The quantitative estimate of drug-likeness (QED) is 0.559. The van der Waals surface area contributed by atoms with Crippen LogP contribution in [0.15, 0.2) is 55.2 Å². The van der Waals surface area contributed by atoms with Gasteiger partial charge in [0.2, 0.25) is 0 Å². The molecule has 5 nitrogen and oxygen atoms in total. The first kappa shape index (κ1) is 14.5. The lowest BCUT2D eigenvalue weighted by Crippen LogP contribution is -2.00. The number of aromatic hydroxyl groups is 1. The smallest absolute Gasteiger partial charge is 0.336 e. The molecule has 0 unspecified atom stereocenters. The van der Waals surface area contributed by atoms with Crippen LogP contribution in [-0.4, -0.2) is 16.3 Å². The molecule has 0 spiro atoms. The van der Waals surface area contributed by atoms with Gasteiger partial charge in [-0.3, -0.25) is 0 Å². The molecule has 0 aliphatic carbocycles. The summed E-state index contributed by atoms with van der Waals surface area (Å²) >= 11 is 3.30. The van der Waals surface area contributed by atoms with Crippen LogP contribution in [0.2, 0.25) is 0 Å². The number of pyridine rings is 1. The van der Waals surface area contributed by atoms with Crippen molar-refractivity contribution in [1.82, 2.24) is 4.98 Å². The van der Waals surface area contributed by atoms with Crippen molar-refractivity contribution in [3.63, 3.8) is 0 Å². The molecule has 0 bridgehead atoms. The van der Waals surface area contributed by atoms with E-state index in [9.17, 15) is 9.90 Å². The van der Waals surface area contributed by atoms with Crippen LogP contribution >= 0.6 is 15.9 Å². The monoisotopic (exact) mass is 358 g/mol. The van der Waals surface area contributed by atoms with Crippen LogP contribution in [0, 0.1) is 6.92 Å². The number of aryl methyl sites for hydroxylation is 1. The molecule has 110 valence electrons. The van der Waals surface area contributed by atoms with Crippen LogP contribution in [0.25, 0.3) is 11.0 Å². The highest BCUT2D eigenvalue weighted by Gasteiger charge is 2.10. The van der Waals surface area contributed by atoms with Gasteiger partial charge in [-0.1, -0.05) is 0 Å². The summed E-state index contributed by atoms with van der Waals surface area (Å²) in [5.41, 5.74) is 0.976. The first-order chi connectivity index (χ1) is 10.5. The van der Waals surface area contributed by atoms with E-state index in [1.54, 1.807) is 24.4 Å². The lowest BCUT2D eigenvalue weighted by atomic mass is 10.1. The molecule has 22 heavy (non-hydrogen) atoms. The predicted molar refractivity (Wildman–Crippen MR) is 88.1 cm³/mol. The number of nitrogens with zero attached hydrogens (tertiary/aromatic N) is 2. The molecule has 0 radical (unpaired) electrons. The van der Waals surface area contributed by atoms with Crippen LogP contribution in [0.5, 0.6) is 5.75 Å². The maximum atomic E-state index is 11.6. The molecular formula is C16H11BrN2O3. The standard InChI is InChI=1S/C16H11BrN2O3/c1-9-6-15(21)22-16-11(9)3-4-13(20)12(16)8-19-14-5-2-10(17)7-18-14/h2-8,20H,1H3. The Kier molecular flexibility index (Phi) is 3.77. The summed E-state index contributed by atoms with van der Waals surface area (Å²) in [6.07, 6.45) is 3.07. The van der Waals surface area contributed by atoms with E-state index < -0.39 is 5.63 Å². The van der Waals surface area contributed by atoms with Gasteiger partial charge in [-0.15, -0.1) is 0 Å². The van der Waals surface area contributed by atoms with Crippen LogP contribution in [0.3, 0.4) is 0 Å². The molecule has 0 saturated heterocycles. The third kappa shape index (κ3) is 2.78. The van der Waals surface area contributed by atoms with Crippen LogP contribution in [-0.2, 0) is 0 Å². The fraction of sp³-hybridized carbons (Fsp3) is 0.0625. The van der Waals surface area contributed by atoms with E-state index in [1.807, 2.05) is 13.0 Å². The summed E-state index contributed by atoms with van der Waals surface area (Å²) in [6, 6.07) is 8.21. The van der Waals surface area contributed by atoms with Gasteiger partial charge in [0, 0.05) is 28.3 Å². The number of phenols is 1. The number of benzene rings is 1. The Bertz CT molecular complexity index is 931. The van der Waals surface area contributed by atoms with Crippen LogP contribution in [0.4, 0.5) is 5.82 Å². The summed E-state index contributed by atoms with van der Waals surface area (Å²) in [5, 5.41) is 10.8. The minimum absolute atomic E-state index is 0.0119. The number of rotatable bonds is 2. The minimum atomic E-state index is -0.466. The van der Waals surface area contributed by atoms with Gasteiger partial charge in [0.05, 0.1) is 5.56 Å². The normalized spacial score (nSPS) is 11.4. The predicted octanol–water partition coefficient (Wildman–Crippen LogP) is 3.72. The summed E-state index contributed by atoms with van der Waals surface area (Å²) in [6.45, 7) is 1.81. The number of fused-ring (bicyclic) bond motifs is 1. The van der Waals surface area contributed by atoms with Gasteiger partial charge in [-0.2, -0.15) is 0 Å². The average Bonchev–Trinajstić information content (AvgIpc) is 2.47. The fourth-order valence-electron chi connectivity index (χ4n) is 2.09. The summed E-state index contributed by atoms with van der Waals surface area (Å²) in [5.74, 6) is 0.469. The van der Waals surface area contributed by atoms with Crippen molar-refractivity contribution >= 4 is 38.9 Å². The number of phenolic OH excluding ortho intramolecular Hbond substituents is 1. The van der Waals surface area contributed by atoms with E-state index in [0.29, 0.717) is 17.0 Å². The Hall–Kier alpha value is -2.47. The number of aromatic nitrogens is 1. The second kappa shape index (κ2) is 5.73. The van der Waals surface area contributed by atoms with Gasteiger partial charge in [0.25, 0.3) is 0 Å². The number of halogens is 1. The summed E-state index contributed by atoms with van der Waals surface area (Å²) in [7, 11) is 0. The van der Waals surface area contributed by atoms with Crippen molar-refractivity contribution in [2.45, 2.75) is 6.92 Å². The topological polar surface area (TPSA) is 75.7 Å². The first-order valence-corrected chi connectivity index (χ1v) is 7.26. The van der Waals surface area contributed by atoms with E-state index in [2.05, 4.69) is 25.9 Å². The van der Waals surface area contributed by atoms with Crippen molar-refractivity contribution < 1.29 is 9.52 Å². The lowest BCUT2D eigenvalue weighted by molar-refractivity contribution is 0.472. The number of hydrogen-bond acceptors (Lipinski definition) is 5. The maximum absolute atomic E-state index is 11.6. The molecule has 1 aromatic carbocycles. The third-order valence-electron chi connectivity index (χ3n) is 3.17. The molecule has 0 aliphatic heterocycles. The third-order valence-corrected chi connectivity index (χ3v) is 3.64. The van der Waals surface area contributed by atoms with Crippen LogP contribution < -0.4 is 5.63 Å². The van der Waals surface area contributed by atoms with Gasteiger partial charge in [0.15, 0.2) is 11.4 Å². The zero-order chi connectivity index (χ0) is 15.7. The van der Waals surface area contributed by atoms with Gasteiger partial charge in [-0.25, -0.2) is 14.8 Å². The fourth-order valence-corrected chi connectivity index (χ4v) is 2.33. The molecule has 0 atom stereocenters. The van der Waals surface area contributed by atoms with E-state index >= 15 is 0 Å². The largest absolute Gasteiger partial charge is 0.507 e. The molecule has 0 saturated carbocycles. The van der Waals surface area contributed by atoms with Crippen LogP contribution in [0.1, 0.15) is 11.1 Å². The molecule has 1 N–H and O–H groups in total. The zero-order valence-electron chi connectivity index (χ0n) is 11.6. The Labute approximate surface area is 134 Å². The highest BCUT2D eigenvalue weighted by atomic mass is 79.9. The van der Waals surface area contributed by atoms with E-state index in [-0.39, 0.29) is 5.75 Å². The van der Waals surface area contributed by atoms with Crippen molar-refractivity contribution in [3.8, 4) is 5.75 Å². The van der Waals surface area contributed by atoms with Crippen molar-refractivity contribution in [1.29, 1.82) is 0 Å². The highest BCUT2D eigenvalue weighted by molar-refractivity contribution is 9.10. The van der Waals surface area contributed by atoms with Gasteiger partial charge < -0.3 is 9.52 Å². The molecule has 3 rings (SSSR count). The highest BCUT2D eigenvalue weighted by Crippen LogP contribution is 2.27. The molecule has 3 aromatic rings. The second-order valence-electron chi connectivity index (χ2n) is 4.72. The molecule has 0 aliphatic rings. The molecule has 0 amide bonds. The number of hydrogen-bond donors (Lipinski definition) is 1. The molecule has 2 aromatic heterocycles. The second-order valence-corrected chi connectivity index (χ2v) is 5.63. The molecule has 0 fully saturated rings. The molecule has 6 heteroatoms. The van der Waals surface area contributed by atoms with Crippen molar-refractivity contribution in [2.24, 2.45) is 4.99 Å². The molecular weight excluding hydrogens is 348 g/mol. The minimum Gasteiger partial charge on any atom is -0.507 e. The Morgan fingerprint density at radius 2 is 2.14 bits per heavy atom. The van der Waals surface area contributed by atoms with E-state index in [0.717, 1.165) is 15.4 Å². The summed E-state index contributed by atoms with van der Waals surface area (Å²) < 4.78 is 6.08. The van der Waals surface area contributed by atoms with Gasteiger partial charge >= 0.3 is 5.63 Å². The lowest BCUT2D eigenvalue weighted by Gasteiger charge is -2.05. The Morgan fingerprint density at radius 3 is 2.86 bits per heavy atom. The Morgan fingerprint density at radius 1 is 1.32 bits per heavy atom. The number of aliphatic imine (C=N–C) groups is 1. The SMILES string of the molecule is Cc1cc(=O)oc2c(C=Nc3ccc(Br)cn3)c(O)ccc12.